The molecule has 0 radical (unpaired) electrons. The first-order chi connectivity index (χ1) is 16.4. The van der Waals surface area contributed by atoms with Gasteiger partial charge >= 0.3 is 0 Å². The van der Waals surface area contributed by atoms with Gasteiger partial charge in [0.15, 0.2) is 5.82 Å². The summed E-state index contributed by atoms with van der Waals surface area (Å²) in [5.74, 6) is 6.54. The van der Waals surface area contributed by atoms with Crippen LogP contribution in [-0.2, 0) is 4.74 Å². The molecule has 2 atom stereocenters. The monoisotopic (exact) mass is 479 g/mol. The van der Waals surface area contributed by atoms with Crippen molar-refractivity contribution in [1.29, 1.82) is 0 Å². The minimum atomic E-state index is -0.634. The molecule has 2 aliphatic heterocycles. The summed E-state index contributed by atoms with van der Waals surface area (Å²) in [5, 5.41) is 15.1. The van der Waals surface area contributed by atoms with Crippen molar-refractivity contribution in [3.63, 3.8) is 0 Å². The molecule has 0 unspecified atom stereocenters. The maximum absolute atomic E-state index is 14.4. The van der Waals surface area contributed by atoms with Crippen LogP contribution in [0.4, 0.5) is 21.6 Å². The van der Waals surface area contributed by atoms with Gasteiger partial charge in [-0.15, -0.1) is 0 Å². The lowest BCUT2D eigenvalue weighted by Gasteiger charge is -2.35. The number of piperidine rings is 1. The van der Waals surface area contributed by atoms with Crippen LogP contribution in [0.15, 0.2) is 36.7 Å². The molecule has 0 spiro atoms. The fourth-order valence-corrected chi connectivity index (χ4v) is 4.97. The summed E-state index contributed by atoms with van der Waals surface area (Å²) < 4.78 is 19.7. The lowest BCUT2D eigenvalue weighted by Crippen LogP contribution is -2.49. The van der Waals surface area contributed by atoms with E-state index in [9.17, 15) is 14.5 Å². The zero-order valence-corrected chi connectivity index (χ0v) is 18.7. The third-order valence-corrected chi connectivity index (χ3v) is 7.20. The Bertz CT molecular complexity index is 1400. The first-order valence-corrected chi connectivity index (χ1v) is 11.3. The number of halogens is 2. The van der Waals surface area contributed by atoms with Gasteiger partial charge in [0.1, 0.15) is 17.7 Å². The van der Waals surface area contributed by atoms with E-state index in [2.05, 4.69) is 32.0 Å². The van der Waals surface area contributed by atoms with Crippen molar-refractivity contribution < 1.29 is 14.1 Å². The number of hydrogen-bond donors (Lipinski definition) is 1. The Kier molecular flexibility index (Phi) is 4.92. The van der Waals surface area contributed by atoms with E-state index in [1.54, 1.807) is 12.1 Å². The molecule has 3 aliphatic rings. The normalized spacial score (nSPS) is 23.6. The van der Waals surface area contributed by atoms with E-state index in [1.807, 2.05) is 0 Å². The molecule has 6 rings (SSSR count). The summed E-state index contributed by atoms with van der Waals surface area (Å²) in [6, 6.07) is 7.99. The second kappa shape index (κ2) is 7.87. The highest BCUT2D eigenvalue weighted by atomic mass is 35.5. The number of anilines is 2. The molecule has 2 saturated heterocycles. The summed E-state index contributed by atoms with van der Waals surface area (Å²) in [4.78, 5) is 22.3. The average molecular weight is 480 g/mol. The zero-order valence-electron chi connectivity index (χ0n) is 17.9. The Labute approximate surface area is 199 Å². The van der Waals surface area contributed by atoms with Crippen LogP contribution in [-0.4, -0.2) is 52.1 Å². The van der Waals surface area contributed by atoms with E-state index in [4.69, 9.17) is 16.3 Å². The van der Waals surface area contributed by atoms with Gasteiger partial charge in [-0.25, -0.2) is 14.4 Å². The van der Waals surface area contributed by atoms with Crippen LogP contribution in [0.25, 0.3) is 10.9 Å². The number of hydrogen-bond acceptors (Lipinski definition) is 7. The third-order valence-electron chi connectivity index (χ3n) is 6.91. The molecule has 2 aromatic carbocycles. The molecule has 0 bridgehead atoms. The maximum Gasteiger partial charge on any atom is 0.285 e. The van der Waals surface area contributed by atoms with E-state index in [0.717, 1.165) is 32.7 Å². The van der Waals surface area contributed by atoms with Crippen LogP contribution in [0.3, 0.4) is 0 Å². The number of fused-ring (bicyclic) bond motifs is 2. The largest absolute Gasteiger partial charge is 0.378 e. The van der Waals surface area contributed by atoms with Crippen LogP contribution in [0, 0.1) is 39.1 Å². The van der Waals surface area contributed by atoms with Crippen LogP contribution < -0.4 is 5.32 Å². The highest BCUT2D eigenvalue weighted by Crippen LogP contribution is 2.58. The number of nitro groups is 1. The number of nitro benzene ring substituents is 1. The van der Waals surface area contributed by atoms with Crippen LogP contribution in [0.1, 0.15) is 12.0 Å². The van der Waals surface area contributed by atoms with Crippen molar-refractivity contribution in [1.82, 2.24) is 14.9 Å². The van der Waals surface area contributed by atoms with Crippen molar-refractivity contribution in [3.05, 3.63) is 63.2 Å². The van der Waals surface area contributed by atoms with Gasteiger partial charge in [-0.2, -0.15) is 0 Å². The van der Waals surface area contributed by atoms with Crippen molar-refractivity contribution in [2.75, 3.05) is 31.6 Å². The van der Waals surface area contributed by atoms with Gasteiger partial charge in [-0.3, -0.25) is 15.0 Å². The van der Waals surface area contributed by atoms with E-state index >= 15 is 0 Å². The van der Waals surface area contributed by atoms with Crippen molar-refractivity contribution >= 4 is 39.7 Å². The van der Waals surface area contributed by atoms with Crippen molar-refractivity contribution in [3.8, 4) is 11.8 Å². The van der Waals surface area contributed by atoms with Gasteiger partial charge in [-0.1, -0.05) is 29.5 Å². The Hall–Kier alpha value is -3.32. The molecule has 34 heavy (non-hydrogen) atoms. The quantitative estimate of drug-likeness (QED) is 0.341. The molecule has 1 aliphatic carbocycles. The predicted molar refractivity (Wildman–Crippen MR) is 124 cm³/mol. The molecule has 8 nitrogen and oxygen atoms in total. The minimum absolute atomic E-state index is 0.0417. The summed E-state index contributed by atoms with van der Waals surface area (Å²) in [6.45, 7) is 3.41. The van der Waals surface area contributed by atoms with Gasteiger partial charge < -0.3 is 10.1 Å². The Morgan fingerprint density at radius 2 is 2.18 bits per heavy atom. The topological polar surface area (TPSA) is 93.4 Å². The predicted octanol–water partition coefficient (Wildman–Crippen LogP) is 4.15. The molecule has 3 fully saturated rings. The lowest BCUT2D eigenvalue weighted by molar-refractivity contribution is -0.385. The minimum Gasteiger partial charge on any atom is -0.378 e. The fraction of sp³-hybridized carbons (Fsp3) is 0.333. The third kappa shape index (κ3) is 3.55. The Morgan fingerprint density at radius 1 is 1.32 bits per heavy atom. The molecule has 0 amide bonds. The van der Waals surface area contributed by atoms with Gasteiger partial charge in [0.05, 0.1) is 40.4 Å². The highest BCUT2D eigenvalue weighted by molar-refractivity contribution is 6.31. The van der Waals surface area contributed by atoms with E-state index < -0.39 is 10.7 Å². The number of benzene rings is 2. The molecule has 10 heteroatoms. The number of ether oxygens (including phenoxy) is 1. The molecule has 1 N–H and O–H groups in total. The lowest BCUT2D eigenvalue weighted by atomic mass is 10.0. The van der Waals surface area contributed by atoms with Crippen LogP contribution >= 0.6 is 11.6 Å². The van der Waals surface area contributed by atoms with Gasteiger partial charge in [-0.05, 0) is 30.5 Å². The smallest absolute Gasteiger partial charge is 0.285 e. The number of nitrogens with one attached hydrogen (secondary N) is 1. The Balaban J connectivity index is 1.35. The molecule has 3 heterocycles. The molecular weight excluding hydrogens is 461 g/mol. The molecular formula is C24H19ClFN5O3. The molecule has 1 aromatic heterocycles. The second-order valence-corrected chi connectivity index (χ2v) is 9.43. The maximum atomic E-state index is 14.4. The molecule has 3 aromatic rings. The number of rotatable bonds is 4. The van der Waals surface area contributed by atoms with Gasteiger partial charge in [0, 0.05) is 30.0 Å². The highest BCUT2D eigenvalue weighted by Gasteiger charge is 2.60. The van der Waals surface area contributed by atoms with E-state index in [1.165, 1.54) is 24.5 Å². The fourth-order valence-electron chi connectivity index (χ4n) is 4.79. The summed E-state index contributed by atoms with van der Waals surface area (Å²) in [7, 11) is 0. The van der Waals surface area contributed by atoms with Crippen molar-refractivity contribution in [2.24, 2.45) is 11.3 Å². The number of likely N-dealkylation sites (tertiary alicyclic amines) is 1. The van der Waals surface area contributed by atoms with E-state index in [0.29, 0.717) is 28.4 Å². The van der Waals surface area contributed by atoms with Crippen molar-refractivity contribution in [2.45, 2.75) is 12.5 Å². The van der Waals surface area contributed by atoms with E-state index in [-0.39, 0.29) is 27.6 Å². The molecule has 172 valence electrons. The van der Waals surface area contributed by atoms with Crippen LogP contribution in [0.2, 0.25) is 5.02 Å². The summed E-state index contributed by atoms with van der Waals surface area (Å²) in [6.07, 6.45) is 2.34. The second-order valence-electron chi connectivity index (χ2n) is 9.02. The average Bonchev–Trinajstić information content (AvgIpc) is 3.33. The first kappa shape index (κ1) is 21.2. The number of nitrogens with zero attached hydrogens (tertiary/aromatic N) is 4. The number of aromatic nitrogens is 2. The summed E-state index contributed by atoms with van der Waals surface area (Å²) in [5.41, 5.74) is 0.655. The zero-order chi connectivity index (χ0) is 23.4. The van der Waals surface area contributed by atoms with Gasteiger partial charge in [0.25, 0.3) is 5.69 Å². The van der Waals surface area contributed by atoms with Gasteiger partial charge in [0.2, 0.25) is 0 Å². The first-order valence-electron chi connectivity index (χ1n) is 10.9. The summed E-state index contributed by atoms with van der Waals surface area (Å²) >= 11 is 5.87. The SMILES string of the molecule is O=[N+]([O-])c1cc2c(Nc3cccc(Cl)c3F)ncnc2cc1C#C[C@]12C[C@H]1CN(C1COC1)C2. The Morgan fingerprint density at radius 3 is 2.94 bits per heavy atom. The molecule has 1 saturated carbocycles. The standard InChI is InChI=1S/C24H19ClFN5O3/c25-18-2-1-3-19(22(18)26)29-23-17-7-21(31(32)33)14(6-20(17)27-13-28-23)4-5-24-8-15(24)9-30(12-24)16-10-34-11-16/h1-3,6-7,13,15-16H,8-12H2,(H,27,28,29)/t15-,24+/m0/s1. The van der Waals surface area contributed by atoms with Crippen LogP contribution in [0.5, 0.6) is 0 Å².